The average Bonchev–Trinajstić information content (AvgIpc) is 2.81. The third-order valence-corrected chi connectivity index (χ3v) is 3.13. The molecule has 19 heavy (non-hydrogen) atoms. The Labute approximate surface area is 112 Å². The van der Waals surface area contributed by atoms with Gasteiger partial charge in [-0.05, 0) is 30.7 Å². The fraction of sp³-hybridized carbons (Fsp3) is 0.250. The van der Waals surface area contributed by atoms with Crippen molar-refractivity contribution in [3.63, 3.8) is 0 Å². The molecule has 0 aliphatic carbocycles. The lowest BCUT2D eigenvalue weighted by molar-refractivity contribution is 0.607. The molecule has 0 amide bonds. The van der Waals surface area contributed by atoms with Crippen molar-refractivity contribution in [1.82, 2.24) is 9.97 Å². The van der Waals surface area contributed by atoms with Crippen molar-refractivity contribution in [1.29, 1.82) is 0 Å². The van der Waals surface area contributed by atoms with Gasteiger partial charge in [0.05, 0.1) is 18.5 Å². The van der Waals surface area contributed by atoms with Crippen molar-refractivity contribution in [2.24, 2.45) is 0 Å². The van der Waals surface area contributed by atoms with Crippen LogP contribution >= 0.6 is 0 Å². The number of hydrogen-bond acceptors (Lipinski definition) is 4. The Morgan fingerprint density at radius 1 is 1.37 bits per heavy atom. The number of aryl methyl sites for hydroxylation is 1. The molecule has 0 aliphatic rings. The largest absolute Gasteiger partial charge is 0.378 e. The first-order valence-corrected chi connectivity index (χ1v) is 7.64. The van der Waals surface area contributed by atoms with Gasteiger partial charge in [0.2, 0.25) is 10.0 Å². The van der Waals surface area contributed by atoms with Crippen LogP contribution in [0.3, 0.4) is 0 Å². The Morgan fingerprint density at radius 2 is 2.16 bits per heavy atom. The quantitative estimate of drug-likeness (QED) is 0.778. The van der Waals surface area contributed by atoms with Gasteiger partial charge in [-0.2, -0.15) is 0 Å². The maximum absolute atomic E-state index is 11.2. The molecule has 1 aromatic heterocycles. The van der Waals surface area contributed by atoms with Crippen molar-refractivity contribution in [3.8, 4) is 0 Å². The summed E-state index contributed by atoms with van der Waals surface area (Å²) in [5.74, 6) is 0.844. The highest BCUT2D eigenvalue weighted by atomic mass is 32.2. The molecule has 2 rings (SSSR count). The van der Waals surface area contributed by atoms with E-state index in [1.807, 2.05) is 19.1 Å². The number of nitrogens with zero attached hydrogens (tertiary/aromatic N) is 1. The van der Waals surface area contributed by atoms with Gasteiger partial charge in [-0.25, -0.2) is 13.4 Å². The summed E-state index contributed by atoms with van der Waals surface area (Å²) in [4.78, 5) is 7.11. The predicted molar refractivity (Wildman–Crippen MR) is 75.6 cm³/mol. The third-order valence-electron chi connectivity index (χ3n) is 2.54. The molecule has 6 nitrogen and oxygen atoms in total. The van der Waals surface area contributed by atoms with Crippen LogP contribution in [-0.4, -0.2) is 24.6 Å². The summed E-state index contributed by atoms with van der Waals surface area (Å²) in [6, 6.07) is 5.45. The maximum atomic E-state index is 11.2. The van der Waals surface area contributed by atoms with E-state index in [1.54, 1.807) is 18.5 Å². The summed E-state index contributed by atoms with van der Waals surface area (Å²) in [5, 5.41) is 3.21. The van der Waals surface area contributed by atoms with E-state index in [2.05, 4.69) is 20.0 Å². The Balaban J connectivity index is 2.06. The SMILES string of the molecule is Cc1cc(NCc2ncc[nH]2)ccc1NS(C)(=O)=O. The smallest absolute Gasteiger partial charge is 0.229 e. The minimum absolute atomic E-state index is 0.589. The van der Waals surface area contributed by atoms with Crippen LogP contribution in [0.4, 0.5) is 11.4 Å². The first-order valence-electron chi connectivity index (χ1n) is 5.74. The van der Waals surface area contributed by atoms with Gasteiger partial charge in [0.15, 0.2) is 0 Å². The molecule has 0 saturated heterocycles. The zero-order chi connectivity index (χ0) is 13.9. The second-order valence-electron chi connectivity index (χ2n) is 4.29. The molecule has 1 heterocycles. The van der Waals surface area contributed by atoms with Crippen LogP contribution in [0, 0.1) is 6.92 Å². The molecular weight excluding hydrogens is 264 g/mol. The van der Waals surface area contributed by atoms with E-state index in [0.29, 0.717) is 12.2 Å². The standard InChI is InChI=1S/C12H16N4O2S/c1-9-7-10(15-8-12-13-5-6-14-12)3-4-11(9)16-19(2,17)18/h3-7,15-16H,8H2,1-2H3,(H,13,14). The summed E-state index contributed by atoms with van der Waals surface area (Å²) in [5.41, 5.74) is 2.36. The minimum Gasteiger partial charge on any atom is -0.378 e. The van der Waals surface area contributed by atoms with Crippen molar-refractivity contribution in [2.45, 2.75) is 13.5 Å². The molecule has 102 valence electrons. The molecule has 0 bridgehead atoms. The van der Waals surface area contributed by atoms with E-state index in [0.717, 1.165) is 23.3 Å². The monoisotopic (exact) mass is 280 g/mol. The highest BCUT2D eigenvalue weighted by Gasteiger charge is 2.05. The van der Waals surface area contributed by atoms with E-state index < -0.39 is 10.0 Å². The highest BCUT2D eigenvalue weighted by molar-refractivity contribution is 7.92. The number of sulfonamides is 1. The molecule has 2 aromatic rings. The average molecular weight is 280 g/mol. The Bertz CT molecular complexity index is 650. The number of imidazole rings is 1. The van der Waals surface area contributed by atoms with Gasteiger partial charge in [0.25, 0.3) is 0 Å². The number of H-pyrrole nitrogens is 1. The summed E-state index contributed by atoms with van der Waals surface area (Å²) >= 11 is 0. The summed E-state index contributed by atoms with van der Waals surface area (Å²) in [6.45, 7) is 2.44. The van der Waals surface area contributed by atoms with Crippen LogP contribution in [0.1, 0.15) is 11.4 Å². The second-order valence-corrected chi connectivity index (χ2v) is 6.04. The topological polar surface area (TPSA) is 86.9 Å². The van der Waals surface area contributed by atoms with Crippen LogP contribution < -0.4 is 10.0 Å². The van der Waals surface area contributed by atoms with Crippen LogP contribution in [0.15, 0.2) is 30.6 Å². The molecule has 0 fully saturated rings. The molecule has 0 radical (unpaired) electrons. The summed E-state index contributed by atoms with van der Waals surface area (Å²) in [7, 11) is -3.25. The Hall–Kier alpha value is -2.02. The number of hydrogen-bond donors (Lipinski definition) is 3. The van der Waals surface area contributed by atoms with Crippen molar-refractivity contribution >= 4 is 21.4 Å². The summed E-state index contributed by atoms with van der Waals surface area (Å²) in [6.07, 6.45) is 4.60. The number of rotatable bonds is 5. The van der Waals surface area contributed by atoms with Crippen LogP contribution in [-0.2, 0) is 16.6 Å². The van der Waals surface area contributed by atoms with Crippen molar-refractivity contribution in [2.75, 3.05) is 16.3 Å². The van der Waals surface area contributed by atoms with Gasteiger partial charge in [-0.3, -0.25) is 4.72 Å². The lowest BCUT2D eigenvalue weighted by atomic mass is 10.2. The van der Waals surface area contributed by atoms with Crippen molar-refractivity contribution < 1.29 is 8.42 Å². The highest BCUT2D eigenvalue weighted by Crippen LogP contribution is 2.20. The number of aromatic nitrogens is 2. The molecule has 0 atom stereocenters. The molecule has 0 saturated carbocycles. The Kier molecular flexibility index (Phi) is 3.75. The van der Waals surface area contributed by atoms with Gasteiger partial charge in [-0.15, -0.1) is 0 Å². The molecule has 0 aliphatic heterocycles. The number of anilines is 2. The van der Waals surface area contributed by atoms with Crippen LogP contribution in [0.5, 0.6) is 0 Å². The second kappa shape index (κ2) is 5.31. The maximum Gasteiger partial charge on any atom is 0.229 e. The predicted octanol–water partition coefficient (Wildman–Crippen LogP) is 1.70. The first kappa shape index (κ1) is 13.4. The molecule has 7 heteroatoms. The van der Waals surface area contributed by atoms with Gasteiger partial charge in [-0.1, -0.05) is 0 Å². The van der Waals surface area contributed by atoms with Crippen molar-refractivity contribution in [3.05, 3.63) is 42.0 Å². The lowest BCUT2D eigenvalue weighted by Crippen LogP contribution is -2.10. The molecule has 1 aromatic carbocycles. The molecular formula is C12H16N4O2S. The number of benzene rings is 1. The zero-order valence-electron chi connectivity index (χ0n) is 10.8. The van der Waals surface area contributed by atoms with E-state index in [4.69, 9.17) is 0 Å². The van der Waals surface area contributed by atoms with Gasteiger partial charge in [0, 0.05) is 18.1 Å². The molecule has 3 N–H and O–H groups in total. The van der Waals surface area contributed by atoms with Crippen LogP contribution in [0.25, 0.3) is 0 Å². The van der Waals surface area contributed by atoms with E-state index in [9.17, 15) is 8.42 Å². The number of aromatic amines is 1. The normalized spacial score (nSPS) is 11.3. The molecule has 0 unspecified atom stereocenters. The van der Waals surface area contributed by atoms with Gasteiger partial charge >= 0.3 is 0 Å². The van der Waals surface area contributed by atoms with Gasteiger partial charge in [0.1, 0.15) is 5.82 Å². The fourth-order valence-electron chi connectivity index (χ4n) is 1.67. The summed E-state index contributed by atoms with van der Waals surface area (Å²) < 4.78 is 24.8. The fourth-order valence-corrected chi connectivity index (χ4v) is 2.30. The lowest BCUT2D eigenvalue weighted by Gasteiger charge is -2.10. The molecule has 0 spiro atoms. The van der Waals surface area contributed by atoms with Gasteiger partial charge < -0.3 is 10.3 Å². The van der Waals surface area contributed by atoms with E-state index in [-0.39, 0.29) is 0 Å². The van der Waals surface area contributed by atoms with Crippen LogP contribution in [0.2, 0.25) is 0 Å². The number of nitrogens with one attached hydrogen (secondary N) is 3. The Morgan fingerprint density at radius 3 is 2.74 bits per heavy atom. The van der Waals surface area contributed by atoms with E-state index >= 15 is 0 Å². The van der Waals surface area contributed by atoms with E-state index in [1.165, 1.54) is 0 Å². The first-order chi connectivity index (χ1) is 8.94. The third kappa shape index (κ3) is 3.99. The zero-order valence-corrected chi connectivity index (χ0v) is 11.6. The minimum atomic E-state index is -3.25.